The summed E-state index contributed by atoms with van der Waals surface area (Å²) >= 11 is 0. The predicted molar refractivity (Wildman–Crippen MR) is 91.8 cm³/mol. The van der Waals surface area contributed by atoms with E-state index in [1.165, 1.54) is 7.11 Å². The van der Waals surface area contributed by atoms with Gasteiger partial charge in [-0.1, -0.05) is 48.0 Å². The number of aliphatic hydroxyl groups is 1. The van der Waals surface area contributed by atoms with Gasteiger partial charge in [0.2, 0.25) is 0 Å². The van der Waals surface area contributed by atoms with Crippen molar-refractivity contribution in [1.82, 2.24) is 5.01 Å². The molecule has 1 atom stereocenters. The van der Waals surface area contributed by atoms with Gasteiger partial charge in [-0.25, -0.2) is 4.79 Å². The van der Waals surface area contributed by atoms with Crippen LogP contribution in [0, 0.1) is 6.92 Å². The average Bonchev–Trinajstić information content (AvgIpc) is 3.00. The van der Waals surface area contributed by atoms with E-state index >= 15 is 0 Å². The molecule has 1 unspecified atom stereocenters. The lowest BCUT2D eigenvalue weighted by Gasteiger charge is -2.31. The van der Waals surface area contributed by atoms with E-state index in [2.05, 4.69) is 5.10 Å². The number of nitrogens with zero attached hydrogens (tertiary/aromatic N) is 2. The molecule has 0 fully saturated rings. The number of hydrazone groups is 1. The van der Waals surface area contributed by atoms with E-state index < -0.39 is 17.6 Å². The molecule has 2 aromatic rings. The minimum Gasteiger partial charge on any atom is -0.464 e. The van der Waals surface area contributed by atoms with Crippen LogP contribution >= 0.6 is 0 Å². The summed E-state index contributed by atoms with van der Waals surface area (Å²) in [5.41, 5.74) is 0.104. The van der Waals surface area contributed by atoms with Gasteiger partial charge in [0.15, 0.2) is 11.4 Å². The molecule has 0 bridgehead atoms. The van der Waals surface area contributed by atoms with Crippen molar-refractivity contribution in [2.45, 2.75) is 19.1 Å². The summed E-state index contributed by atoms with van der Waals surface area (Å²) in [6.07, 6.45) is -0.138. The van der Waals surface area contributed by atoms with Crippen LogP contribution in [0.3, 0.4) is 0 Å². The maximum absolute atomic E-state index is 12.9. The SMILES string of the molecule is COC(=O)C1=NN(C(=O)c2ccccc2)C(O)(c2ccc(C)cc2)C1. The zero-order chi connectivity index (χ0) is 18.0. The van der Waals surface area contributed by atoms with Crippen LogP contribution in [0.2, 0.25) is 0 Å². The molecule has 128 valence electrons. The molecule has 6 nitrogen and oxygen atoms in total. The van der Waals surface area contributed by atoms with Crippen molar-refractivity contribution in [3.63, 3.8) is 0 Å². The second-order valence-corrected chi connectivity index (χ2v) is 5.88. The molecule has 6 heteroatoms. The zero-order valence-electron chi connectivity index (χ0n) is 14.0. The number of hydrogen-bond donors (Lipinski definition) is 1. The topological polar surface area (TPSA) is 79.2 Å². The molecule has 25 heavy (non-hydrogen) atoms. The molecule has 0 saturated carbocycles. The number of carbonyl (C=O) groups is 2. The van der Waals surface area contributed by atoms with Crippen molar-refractivity contribution >= 4 is 17.6 Å². The zero-order valence-corrected chi connectivity index (χ0v) is 14.0. The van der Waals surface area contributed by atoms with Crippen molar-refractivity contribution in [3.8, 4) is 0 Å². The van der Waals surface area contributed by atoms with Crippen molar-refractivity contribution < 1.29 is 19.4 Å². The van der Waals surface area contributed by atoms with Gasteiger partial charge < -0.3 is 9.84 Å². The van der Waals surface area contributed by atoms with E-state index in [1.807, 2.05) is 19.1 Å². The molecule has 0 aromatic heterocycles. The van der Waals surface area contributed by atoms with Crippen LogP contribution in [-0.4, -0.2) is 34.8 Å². The van der Waals surface area contributed by atoms with Gasteiger partial charge in [-0.3, -0.25) is 4.79 Å². The van der Waals surface area contributed by atoms with Gasteiger partial charge in [0.25, 0.3) is 5.91 Å². The fourth-order valence-electron chi connectivity index (χ4n) is 2.74. The Labute approximate surface area is 145 Å². The number of rotatable bonds is 3. The number of carbonyl (C=O) groups excluding carboxylic acids is 2. The standard InChI is InChI=1S/C19H18N2O4/c1-13-8-10-15(11-9-13)19(24)12-16(18(23)25-2)20-21(19)17(22)14-6-4-3-5-7-14/h3-11,24H,12H2,1-2H3. The van der Waals surface area contributed by atoms with Crippen LogP contribution in [0.1, 0.15) is 27.9 Å². The molecule has 1 N–H and O–H groups in total. The van der Waals surface area contributed by atoms with Gasteiger partial charge in [-0.05, 0) is 19.1 Å². The van der Waals surface area contributed by atoms with E-state index in [4.69, 9.17) is 4.74 Å². The quantitative estimate of drug-likeness (QED) is 0.870. The Kier molecular flexibility index (Phi) is 4.37. The lowest BCUT2D eigenvalue weighted by molar-refractivity contribution is -0.133. The Morgan fingerprint density at radius 1 is 1.12 bits per heavy atom. The summed E-state index contributed by atoms with van der Waals surface area (Å²) in [7, 11) is 1.23. The number of hydrogen-bond acceptors (Lipinski definition) is 5. The third-order valence-corrected chi connectivity index (χ3v) is 4.13. The van der Waals surface area contributed by atoms with Gasteiger partial charge in [-0.2, -0.15) is 10.1 Å². The fraction of sp³-hybridized carbons (Fsp3) is 0.211. The second-order valence-electron chi connectivity index (χ2n) is 5.88. The van der Waals surface area contributed by atoms with Crippen molar-refractivity contribution in [2.24, 2.45) is 5.10 Å². The molecule has 1 amide bonds. The summed E-state index contributed by atoms with van der Waals surface area (Å²) in [5, 5.41) is 16.3. The Hall–Kier alpha value is -2.99. The summed E-state index contributed by atoms with van der Waals surface area (Å²) in [6.45, 7) is 1.92. The first-order valence-corrected chi connectivity index (χ1v) is 7.80. The average molecular weight is 338 g/mol. The minimum atomic E-state index is -1.75. The number of esters is 1. The van der Waals surface area contributed by atoms with Crippen molar-refractivity contribution in [2.75, 3.05) is 7.11 Å². The molecule has 1 heterocycles. The first-order chi connectivity index (χ1) is 12.0. The Morgan fingerprint density at radius 2 is 1.76 bits per heavy atom. The maximum Gasteiger partial charge on any atom is 0.354 e. The highest BCUT2D eigenvalue weighted by molar-refractivity contribution is 6.37. The highest BCUT2D eigenvalue weighted by atomic mass is 16.5. The van der Waals surface area contributed by atoms with Crippen LogP contribution in [0.25, 0.3) is 0 Å². The Bertz CT molecular complexity index is 830. The van der Waals surface area contributed by atoms with Gasteiger partial charge in [-0.15, -0.1) is 0 Å². The summed E-state index contributed by atoms with van der Waals surface area (Å²) < 4.78 is 4.70. The van der Waals surface area contributed by atoms with E-state index in [1.54, 1.807) is 42.5 Å². The lowest BCUT2D eigenvalue weighted by atomic mass is 9.96. The Balaban J connectivity index is 2.05. The molecule has 3 rings (SSSR count). The highest BCUT2D eigenvalue weighted by Crippen LogP contribution is 2.36. The number of methoxy groups -OCH3 is 1. The van der Waals surface area contributed by atoms with Crippen molar-refractivity contribution in [1.29, 1.82) is 0 Å². The van der Waals surface area contributed by atoms with E-state index in [0.717, 1.165) is 10.6 Å². The van der Waals surface area contributed by atoms with Gasteiger partial charge in [0, 0.05) is 11.1 Å². The summed E-state index contributed by atoms with van der Waals surface area (Å²) in [5.74, 6) is -1.17. The van der Waals surface area contributed by atoms with Crippen molar-refractivity contribution in [3.05, 3.63) is 71.3 Å². The molecule has 1 aliphatic rings. The third kappa shape index (κ3) is 3.04. The van der Waals surface area contributed by atoms with E-state index in [-0.39, 0.29) is 12.1 Å². The maximum atomic E-state index is 12.9. The number of benzene rings is 2. The Morgan fingerprint density at radius 3 is 2.36 bits per heavy atom. The lowest BCUT2D eigenvalue weighted by Crippen LogP contribution is -2.43. The molecule has 0 spiro atoms. The number of amides is 1. The first-order valence-electron chi connectivity index (χ1n) is 7.80. The van der Waals surface area contributed by atoms with E-state index in [0.29, 0.717) is 11.1 Å². The molecule has 2 aromatic carbocycles. The smallest absolute Gasteiger partial charge is 0.354 e. The third-order valence-electron chi connectivity index (χ3n) is 4.13. The minimum absolute atomic E-state index is 0.00476. The first kappa shape index (κ1) is 16.9. The van der Waals surface area contributed by atoms with Crippen LogP contribution in [0.5, 0.6) is 0 Å². The molecule has 0 saturated heterocycles. The van der Waals surface area contributed by atoms with Crippen LogP contribution in [0.4, 0.5) is 0 Å². The molecule has 1 aliphatic heterocycles. The van der Waals surface area contributed by atoms with Crippen LogP contribution < -0.4 is 0 Å². The fourth-order valence-corrected chi connectivity index (χ4v) is 2.74. The summed E-state index contributed by atoms with van der Waals surface area (Å²) in [4.78, 5) is 24.8. The number of aryl methyl sites for hydroxylation is 1. The van der Waals surface area contributed by atoms with Gasteiger partial charge in [0.05, 0.1) is 13.5 Å². The molecular formula is C19H18N2O4. The summed E-state index contributed by atoms with van der Waals surface area (Å²) in [6, 6.07) is 15.6. The van der Waals surface area contributed by atoms with Gasteiger partial charge in [0.1, 0.15) is 0 Å². The monoisotopic (exact) mass is 338 g/mol. The van der Waals surface area contributed by atoms with Gasteiger partial charge >= 0.3 is 5.97 Å². The molecular weight excluding hydrogens is 320 g/mol. The van der Waals surface area contributed by atoms with Crippen LogP contribution in [-0.2, 0) is 15.3 Å². The largest absolute Gasteiger partial charge is 0.464 e. The second kappa shape index (κ2) is 6.49. The highest BCUT2D eigenvalue weighted by Gasteiger charge is 2.48. The molecule has 0 radical (unpaired) electrons. The predicted octanol–water partition coefficient (Wildman–Crippen LogP) is 2.22. The number of ether oxygens (including phenoxy) is 1. The van der Waals surface area contributed by atoms with Crippen LogP contribution in [0.15, 0.2) is 59.7 Å². The van der Waals surface area contributed by atoms with E-state index in [9.17, 15) is 14.7 Å². The molecule has 0 aliphatic carbocycles. The normalized spacial score (nSPS) is 19.5.